The van der Waals surface area contributed by atoms with E-state index in [4.69, 9.17) is 10.0 Å². The van der Waals surface area contributed by atoms with Gasteiger partial charge in [0.05, 0.1) is 35.0 Å². The molecule has 0 spiro atoms. The number of hydrogen-bond acceptors (Lipinski definition) is 7. The van der Waals surface area contributed by atoms with E-state index in [9.17, 15) is 19.7 Å². The number of nitro groups is 1. The van der Waals surface area contributed by atoms with E-state index in [2.05, 4.69) is 15.6 Å². The summed E-state index contributed by atoms with van der Waals surface area (Å²) in [6, 6.07) is 7.82. The molecule has 11 heteroatoms. The number of carbonyl (C=O) groups excluding carboxylic acids is 2. The predicted octanol–water partition coefficient (Wildman–Crippen LogP) is -0.0208. The first-order valence-electron chi connectivity index (χ1n) is 7.95. The van der Waals surface area contributed by atoms with Crippen LogP contribution in [-0.2, 0) is 4.79 Å². The van der Waals surface area contributed by atoms with Gasteiger partial charge in [-0.25, -0.2) is 0 Å². The van der Waals surface area contributed by atoms with E-state index in [0.29, 0.717) is 0 Å². The average Bonchev–Trinajstić information content (AvgIpc) is 2.66. The number of hydrogen-bond donors (Lipinski definition) is 4. The number of carbonyl (C=O) groups is 2. The zero-order valence-corrected chi connectivity index (χ0v) is 14.1. The molecule has 0 saturated carbocycles. The molecule has 0 fully saturated rings. The Morgan fingerprint density at radius 1 is 1.22 bits per heavy atom. The van der Waals surface area contributed by atoms with E-state index < -0.39 is 36.3 Å². The Labute approximate surface area is 154 Å². The van der Waals surface area contributed by atoms with E-state index in [0.717, 1.165) is 0 Å². The van der Waals surface area contributed by atoms with Crippen molar-refractivity contribution >= 4 is 24.6 Å². The molecule has 0 aliphatic heterocycles. The fraction of sp³-hybridized carbons (Fsp3) is 0.188. The van der Waals surface area contributed by atoms with Crippen molar-refractivity contribution < 1.29 is 24.6 Å². The Balaban J connectivity index is 2.27. The molecule has 27 heavy (non-hydrogen) atoms. The van der Waals surface area contributed by atoms with Crippen LogP contribution in [-0.4, -0.2) is 45.3 Å². The van der Waals surface area contributed by atoms with Crippen LogP contribution in [0.4, 0.5) is 5.69 Å². The second kappa shape index (κ2) is 9.41. The molecule has 0 aliphatic rings. The highest BCUT2D eigenvalue weighted by molar-refractivity contribution is 6.41. The van der Waals surface area contributed by atoms with Crippen LogP contribution >= 0.6 is 0 Å². The summed E-state index contributed by atoms with van der Waals surface area (Å²) in [5.41, 5.74) is 0.135. The molecule has 1 unspecified atom stereocenters. The lowest BCUT2D eigenvalue weighted by atomic mass is 9.92. The molecule has 10 nitrogen and oxygen atoms in total. The van der Waals surface area contributed by atoms with Gasteiger partial charge in [-0.05, 0) is 12.1 Å². The van der Waals surface area contributed by atoms with Crippen LogP contribution in [0, 0.1) is 10.1 Å². The minimum Gasteiger partial charge on any atom is -0.426 e. The third-order valence-corrected chi connectivity index (χ3v) is 3.61. The van der Waals surface area contributed by atoms with Gasteiger partial charge in [0.2, 0.25) is 5.91 Å². The van der Waals surface area contributed by atoms with E-state index in [1.807, 2.05) is 0 Å². The summed E-state index contributed by atoms with van der Waals surface area (Å²) >= 11 is 0. The standard InChI is InChI=1S/C16H17BN4O6/c22-15(19-10-17(24)25)8-13(12-5-1-2-6-14(12)21(26)27)20-16(23)11-4-3-7-18-9-11/h1-7,9,13,24-25H,8,10H2,(H,19,22)(H,20,23). The molecule has 0 bridgehead atoms. The molecule has 4 N–H and O–H groups in total. The second-order valence-corrected chi connectivity index (χ2v) is 5.57. The monoisotopic (exact) mass is 372 g/mol. The highest BCUT2D eigenvalue weighted by Gasteiger charge is 2.26. The van der Waals surface area contributed by atoms with Gasteiger partial charge in [0.15, 0.2) is 0 Å². The second-order valence-electron chi connectivity index (χ2n) is 5.57. The molecule has 0 aliphatic carbocycles. The van der Waals surface area contributed by atoms with Gasteiger partial charge in [0.1, 0.15) is 0 Å². The van der Waals surface area contributed by atoms with E-state index in [1.165, 1.54) is 36.7 Å². The van der Waals surface area contributed by atoms with Crippen molar-refractivity contribution in [1.82, 2.24) is 15.6 Å². The van der Waals surface area contributed by atoms with Gasteiger partial charge in [0.25, 0.3) is 11.6 Å². The van der Waals surface area contributed by atoms with Gasteiger partial charge >= 0.3 is 7.12 Å². The summed E-state index contributed by atoms with van der Waals surface area (Å²) in [5, 5.41) is 33.8. The fourth-order valence-electron chi connectivity index (χ4n) is 2.39. The van der Waals surface area contributed by atoms with Crippen LogP contribution in [0.25, 0.3) is 0 Å². The molecule has 1 aromatic heterocycles. The van der Waals surface area contributed by atoms with Gasteiger partial charge in [-0.1, -0.05) is 18.2 Å². The van der Waals surface area contributed by atoms with Crippen LogP contribution in [0.5, 0.6) is 0 Å². The molecule has 140 valence electrons. The van der Waals surface area contributed by atoms with Crippen molar-refractivity contribution in [3.63, 3.8) is 0 Å². The topological polar surface area (TPSA) is 155 Å². The Bertz CT molecular complexity index is 818. The van der Waals surface area contributed by atoms with Crippen LogP contribution in [0.3, 0.4) is 0 Å². The first kappa shape index (κ1) is 20.0. The highest BCUT2D eigenvalue weighted by Crippen LogP contribution is 2.27. The Morgan fingerprint density at radius 3 is 2.59 bits per heavy atom. The Morgan fingerprint density at radius 2 is 1.96 bits per heavy atom. The summed E-state index contributed by atoms with van der Waals surface area (Å²) in [6.45, 7) is 0. The van der Waals surface area contributed by atoms with Crippen LogP contribution in [0.15, 0.2) is 48.8 Å². The Kier molecular flexibility index (Phi) is 6.97. The zero-order valence-electron chi connectivity index (χ0n) is 14.1. The van der Waals surface area contributed by atoms with E-state index in [-0.39, 0.29) is 23.2 Å². The lowest BCUT2D eigenvalue weighted by Gasteiger charge is -2.19. The molecule has 0 radical (unpaired) electrons. The summed E-state index contributed by atoms with van der Waals surface area (Å²) in [6.07, 6.45) is 2.08. The van der Waals surface area contributed by atoms with Gasteiger partial charge in [-0.2, -0.15) is 0 Å². The predicted molar refractivity (Wildman–Crippen MR) is 95.4 cm³/mol. The number of benzene rings is 1. The number of aromatic nitrogens is 1. The highest BCUT2D eigenvalue weighted by atomic mass is 16.6. The van der Waals surface area contributed by atoms with Gasteiger partial charge in [0, 0.05) is 18.5 Å². The minimum atomic E-state index is -1.73. The molecule has 1 heterocycles. The molecule has 2 amide bonds. The van der Waals surface area contributed by atoms with E-state index >= 15 is 0 Å². The van der Waals surface area contributed by atoms with Crippen LogP contribution < -0.4 is 10.6 Å². The lowest BCUT2D eigenvalue weighted by Crippen LogP contribution is -2.38. The van der Waals surface area contributed by atoms with Crippen molar-refractivity contribution in [2.45, 2.75) is 12.5 Å². The third kappa shape index (κ3) is 5.87. The van der Waals surface area contributed by atoms with Gasteiger partial charge in [-0.15, -0.1) is 0 Å². The Hall–Kier alpha value is -3.31. The molecule has 0 saturated heterocycles. The number of nitrogens with one attached hydrogen (secondary N) is 2. The lowest BCUT2D eigenvalue weighted by molar-refractivity contribution is -0.385. The van der Waals surface area contributed by atoms with Crippen molar-refractivity contribution in [3.05, 3.63) is 70.0 Å². The summed E-state index contributed by atoms with van der Waals surface area (Å²) < 4.78 is 0. The van der Waals surface area contributed by atoms with Crippen LogP contribution in [0.1, 0.15) is 28.4 Å². The van der Waals surface area contributed by atoms with Crippen molar-refractivity contribution in [1.29, 1.82) is 0 Å². The van der Waals surface area contributed by atoms with Gasteiger partial charge < -0.3 is 20.7 Å². The van der Waals surface area contributed by atoms with Gasteiger partial charge in [-0.3, -0.25) is 24.7 Å². The molecule has 2 rings (SSSR count). The largest absolute Gasteiger partial charge is 0.472 e. The van der Waals surface area contributed by atoms with Crippen molar-refractivity contribution in [3.8, 4) is 0 Å². The molecule has 1 aromatic carbocycles. The number of nitro benzene ring substituents is 1. The maximum Gasteiger partial charge on any atom is 0.472 e. The number of pyridine rings is 1. The quantitative estimate of drug-likeness (QED) is 0.288. The minimum absolute atomic E-state index is 0.152. The number of amides is 2. The normalized spacial score (nSPS) is 11.3. The average molecular weight is 372 g/mol. The summed E-state index contributed by atoms with van der Waals surface area (Å²) in [5.74, 6) is -1.17. The third-order valence-electron chi connectivity index (χ3n) is 3.61. The first-order valence-corrected chi connectivity index (χ1v) is 7.95. The number of rotatable bonds is 8. The van der Waals surface area contributed by atoms with E-state index in [1.54, 1.807) is 12.1 Å². The molecular weight excluding hydrogens is 355 g/mol. The number of nitrogens with zero attached hydrogens (tertiary/aromatic N) is 2. The smallest absolute Gasteiger partial charge is 0.426 e. The SMILES string of the molecule is O=C(CC(NC(=O)c1cccnc1)c1ccccc1[N+](=O)[O-])NCB(O)O. The fourth-order valence-corrected chi connectivity index (χ4v) is 2.39. The number of para-hydroxylation sites is 1. The summed E-state index contributed by atoms with van der Waals surface area (Å²) in [4.78, 5) is 39.0. The zero-order chi connectivity index (χ0) is 19.8. The van der Waals surface area contributed by atoms with Crippen molar-refractivity contribution in [2.24, 2.45) is 0 Å². The molecule has 1 atom stereocenters. The first-order chi connectivity index (χ1) is 12.9. The summed E-state index contributed by atoms with van der Waals surface area (Å²) in [7, 11) is -1.73. The van der Waals surface area contributed by atoms with Crippen molar-refractivity contribution in [2.75, 3.05) is 6.44 Å². The maximum atomic E-state index is 12.4. The van der Waals surface area contributed by atoms with Crippen LogP contribution in [0.2, 0.25) is 0 Å². The molecular formula is C16H17BN4O6. The molecule has 2 aromatic rings. The maximum absolute atomic E-state index is 12.4.